The minimum atomic E-state index is 1.14. The van der Waals surface area contributed by atoms with Crippen molar-refractivity contribution < 1.29 is 9.88 Å². The van der Waals surface area contributed by atoms with E-state index < -0.39 is 0 Å². The minimum Gasteiger partial charge on any atom is -0.331 e. The van der Waals surface area contributed by atoms with E-state index in [0.717, 1.165) is 13.1 Å². The zero-order chi connectivity index (χ0) is 12.5. The summed E-state index contributed by atoms with van der Waals surface area (Å²) in [6.07, 6.45) is 0. The lowest BCUT2D eigenvalue weighted by molar-refractivity contribution is -0.880. The Morgan fingerprint density at radius 1 is 1.17 bits per heavy atom. The second kappa shape index (κ2) is 4.58. The molecule has 18 heavy (non-hydrogen) atoms. The standard InChI is InChI=1S/C15H19N3/c1-12-11-15(18-9-7-17(2)8-10-18)16-14-6-4-3-5-13(12)14/h3-6,11H,7-10H2,1-2H3/p+2. The quantitative estimate of drug-likeness (QED) is 0.764. The van der Waals surface area contributed by atoms with Crippen molar-refractivity contribution in [3.8, 4) is 0 Å². The molecule has 1 saturated heterocycles. The highest BCUT2D eigenvalue weighted by Crippen LogP contribution is 2.18. The Kier molecular flexibility index (Phi) is 2.92. The number of para-hydroxylation sites is 1. The van der Waals surface area contributed by atoms with Crippen LogP contribution in [0.4, 0.5) is 5.82 Å². The van der Waals surface area contributed by atoms with Crippen LogP contribution in [0.2, 0.25) is 0 Å². The molecule has 2 heterocycles. The van der Waals surface area contributed by atoms with Gasteiger partial charge in [0.1, 0.15) is 31.7 Å². The summed E-state index contributed by atoms with van der Waals surface area (Å²) in [6.45, 7) is 6.92. The van der Waals surface area contributed by atoms with Crippen LogP contribution in [-0.4, -0.2) is 33.2 Å². The summed E-state index contributed by atoms with van der Waals surface area (Å²) in [4.78, 5) is 7.66. The fourth-order valence-electron chi connectivity index (χ4n) is 2.69. The number of piperazine rings is 1. The molecule has 1 fully saturated rings. The molecule has 0 radical (unpaired) electrons. The Hall–Kier alpha value is -1.61. The molecule has 94 valence electrons. The Bertz CT molecular complexity index is 557. The first-order valence-electron chi connectivity index (χ1n) is 6.72. The van der Waals surface area contributed by atoms with Crippen LogP contribution in [0.15, 0.2) is 30.3 Å². The molecule has 3 rings (SSSR count). The van der Waals surface area contributed by atoms with Gasteiger partial charge in [0.2, 0.25) is 0 Å². The van der Waals surface area contributed by atoms with E-state index in [0.29, 0.717) is 0 Å². The third kappa shape index (κ3) is 2.06. The monoisotopic (exact) mass is 243 g/mol. The number of nitrogens with one attached hydrogen (secondary N) is 2. The molecule has 0 amide bonds. The molecule has 1 aliphatic heterocycles. The van der Waals surface area contributed by atoms with Crippen LogP contribution < -0.4 is 14.8 Å². The van der Waals surface area contributed by atoms with Crippen LogP contribution in [0, 0.1) is 6.92 Å². The van der Waals surface area contributed by atoms with Crippen LogP contribution in [0.5, 0.6) is 0 Å². The molecule has 3 heteroatoms. The predicted molar refractivity (Wildman–Crippen MR) is 74.1 cm³/mol. The molecule has 3 nitrogen and oxygen atoms in total. The average molecular weight is 243 g/mol. The number of hydrogen-bond acceptors (Lipinski definition) is 1. The van der Waals surface area contributed by atoms with Crippen LogP contribution >= 0.6 is 0 Å². The molecule has 0 atom stereocenters. The number of nitrogens with zero attached hydrogens (tertiary/aromatic N) is 1. The van der Waals surface area contributed by atoms with E-state index in [4.69, 9.17) is 0 Å². The first-order valence-corrected chi connectivity index (χ1v) is 6.72. The number of H-pyrrole nitrogens is 1. The molecule has 2 aromatic rings. The van der Waals surface area contributed by atoms with Gasteiger partial charge in [0.05, 0.1) is 7.05 Å². The Morgan fingerprint density at radius 3 is 2.67 bits per heavy atom. The van der Waals surface area contributed by atoms with Crippen molar-refractivity contribution in [2.24, 2.45) is 0 Å². The SMILES string of the molecule is Cc1cc(N2CC[NH+](C)CC2)[nH+]c2ccccc12. The van der Waals surface area contributed by atoms with Crippen LogP contribution in [0.3, 0.4) is 0 Å². The van der Waals surface area contributed by atoms with Crippen molar-refractivity contribution >= 4 is 16.7 Å². The van der Waals surface area contributed by atoms with Gasteiger partial charge in [-0.15, -0.1) is 0 Å². The lowest BCUT2D eigenvalue weighted by Crippen LogP contribution is -3.12. The molecular weight excluding hydrogens is 222 g/mol. The average Bonchev–Trinajstić information content (AvgIpc) is 2.39. The maximum Gasteiger partial charge on any atom is 0.275 e. The lowest BCUT2D eigenvalue weighted by Gasteiger charge is -2.25. The van der Waals surface area contributed by atoms with Crippen molar-refractivity contribution in [1.29, 1.82) is 0 Å². The maximum atomic E-state index is 3.57. The molecular formula is C15H21N3+2. The summed E-state index contributed by atoms with van der Waals surface area (Å²) in [6, 6.07) is 10.8. The Labute approximate surface area is 108 Å². The van der Waals surface area contributed by atoms with E-state index in [1.165, 1.54) is 35.4 Å². The zero-order valence-corrected chi connectivity index (χ0v) is 11.2. The highest BCUT2D eigenvalue weighted by atomic mass is 15.3. The predicted octanol–water partition coefficient (Wildman–Crippen LogP) is 0.297. The minimum absolute atomic E-state index is 1.14. The number of aryl methyl sites for hydroxylation is 1. The van der Waals surface area contributed by atoms with Gasteiger partial charge in [-0.3, -0.25) is 4.90 Å². The number of aromatic nitrogens is 1. The summed E-state index contributed by atoms with van der Waals surface area (Å²) in [5, 5.41) is 1.32. The number of pyridine rings is 1. The van der Waals surface area contributed by atoms with Gasteiger partial charge in [0, 0.05) is 11.5 Å². The van der Waals surface area contributed by atoms with E-state index in [1.807, 2.05) is 0 Å². The highest BCUT2D eigenvalue weighted by Gasteiger charge is 2.24. The third-order valence-electron chi connectivity index (χ3n) is 3.93. The van der Waals surface area contributed by atoms with Gasteiger partial charge in [-0.2, -0.15) is 0 Å². The fraction of sp³-hybridized carbons (Fsp3) is 0.400. The number of quaternary nitrogens is 1. The molecule has 1 aliphatic rings. The molecule has 0 spiro atoms. The molecule has 1 aromatic heterocycles. The summed E-state index contributed by atoms with van der Waals surface area (Å²) in [5.41, 5.74) is 2.59. The molecule has 2 N–H and O–H groups in total. The van der Waals surface area contributed by atoms with Gasteiger partial charge in [0.25, 0.3) is 5.82 Å². The maximum absolute atomic E-state index is 3.57. The van der Waals surface area contributed by atoms with Crippen molar-refractivity contribution in [3.63, 3.8) is 0 Å². The third-order valence-corrected chi connectivity index (χ3v) is 3.93. The van der Waals surface area contributed by atoms with Gasteiger partial charge in [0.15, 0.2) is 0 Å². The van der Waals surface area contributed by atoms with E-state index >= 15 is 0 Å². The number of aromatic amines is 1. The summed E-state index contributed by atoms with van der Waals surface area (Å²) in [5.74, 6) is 1.26. The highest BCUT2D eigenvalue weighted by molar-refractivity contribution is 5.80. The zero-order valence-electron chi connectivity index (χ0n) is 11.2. The first kappa shape index (κ1) is 11.5. The van der Waals surface area contributed by atoms with Gasteiger partial charge < -0.3 is 4.90 Å². The normalized spacial score (nSPS) is 17.3. The lowest BCUT2D eigenvalue weighted by atomic mass is 10.1. The fourth-order valence-corrected chi connectivity index (χ4v) is 2.69. The van der Waals surface area contributed by atoms with Crippen molar-refractivity contribution in [2.45, 2.75) is 6.92 Å². The summed E-state index contributed by atoms with van der Waals surface area (Å²) >= 11 is 0. The summed E-state index contributed by atoms with van der Waals surface area (Å²) < 4.78 is 0. The van der Waals surface area contributed by atoms with E-state index in [2.05, 4.69) is 54.2 Å². The number of rotatable bonds is 1. The summed E-state index contributed by atoms with van der Waals surface area (Å²) in [7, 11) is 2.27. The van der Waals surface area contributed by atoms with Crippen molar-refractivity contribution in [3.05, 3.63) is 35.9 Å². The Balaban J connectivity index is 1.97. The van der Waals surface area contributed by atoms with Gasteiger partial charge in [-0.1, -0.05) is 18.2 Å². The molecule has 0 aliphatic carbocycles. The largest absolute Gasteiger partial charge is 0.331 e. The molecule has 0 bridgehead atoms. The first-order chi connectivity index (χ1) is 8.74. The smallest absolute Gasteiger partial charge is 0.275 e. The van der Waals surface area contributed by atoms with Crippen LogP contribution in [0.25, 0.3) is 10.9 Å². The number of likely N-dealkylation sites (N-methyl/N-ethyl adjacent to an activating group) is 1. The number of anilines is 1. The van der Waals surface area contributed by atoms with E-state index in [1.54, 1.807) is 4.90 Å². The molecule has 0 saturated carbocycles. The van der Waals surface area contributed by atoms with Crippen molar-refractivity contribution in [1.82, 2.24) is 0 Å². The van der Waals surface area contributed by atoms with Gasteiger partial charge >= 0.3 is 0 Å². The topological polar surface area (TPSA) is 21.8 Å². The number of benzene rings is 1. The second-order valence-electron chi connectivity index (χ2n) is 5.33. The Morgan fingerprint density at radius 2 is 1.89 bits per heavy atom. The molecule has 1 aromatic carbocycles. The van der Waals surface area contributed by atoms with Gasteiger partial charge in [-0.25, -0.2) is 4.98 Å². The van der Waals surface area contributed by atoms with Gasteiger partial charge in [-0.05, 0) is 18.6 Å². The van der Waals surface area contributed by atoms with Crippen LogP contribution in [0.1, 0.15) is 5.56 Å². The number of hydrogen-bond donors (Lipinski definition) is 1. The molecule has 0 unspecified atom stereocenters. The van der Waals surface area contributed by atoms with E-state index in [-0.39, 0.29) is 0 Å². The van der Waals surface area contributed by atoms with Crippen LogP contribution in [-0.2, 0) is 0 Å². The van der Waals surface area contributed by atoms with Crippen molar-refractivity contribution in [2.75, 3.05) is 38.1 Å². The van der Waals surface area contributed by atoms with E-state index in [9.17, 15) is 0 Å². The number of fused-ring (bicyclic) bond motifs is 1. The second-order valence-corrected chi connectivity index (χ2v) is 5.33.